The molecule has 0 saturated carbocycles. The van der Waals surface area contributed by atoms with Crippen molar-refractivity contribution in [1.82, 2.24) is 0 Å². The summed E-state index contributed by atoms with van der Waals surface area (Å²) in [7, 11) is -1.25. The summed E-state index contributed by atoms with van der Waals surface area (Å²) in [4.78, 5) is 5.56. The van der Waals surface area contributed by atoms with Crippen LogP contribution in [0.1, 0.15) is 19.8 Å². The second-order valence-corrected chi connectivity index (χ2v) is 21.1. The fraction of sp³-hybridized carbons (Fsp3) is 0.0794. The van der Waals surface area contributed by atoms with Crippen LogP contribution in [0.4, 0.5) is 17.1 Å². The average Bonchev–Trinajstić information content (AvgIpc) is 3.37. The molecule has 65 heavy (non-hydrogen) atoms. The monoisotopic (exact) mass is 851 g/mol. The zero-order chi connectivity index (χ0) is 43.5. The van der Waals surface area contributed by atoms with Crippen LogP contribution in [0.3, 0.4) is 0 Å². The lowest BCUT2D eigenvalue weighted by Crippen LogP contribution is -2.22. The number of anilines is 3. The second-order valence-electron chi connectivity index (χ2n) is 17.6. The molecule has 0 aromatic heterocycles. The minimum atomic E-state index is -1.25. The first-order chi connectivity index (χ1) is 32.1. The van der Waals surface area contributed by atoms with Gasteiger partial charge >= 0.3 is 0 Å². The van der Waals surface area contributed by atoms with Crippen molar-refractivity contribution in [3.05, 3.63) is 224 Å². The van der Waals surface area contributed by atoms with Gasteiger partial charge < -0.3 is 4.90 Å². The fourth-order valence-corrected chi connectivity index (χ4v) is 14.4. The predicted molar refractivity (Wildman–Crippen MR) is 283 cm³/mol. The molecule has 0 bridgehead atoms. The van der Waals surface area contributed by atoms with Gasteiger partial charge in [0.25, 0.3) is 0 Å². The molecule has 1 heterocycles. The number of hydrogen-bond donors (Lipinski definition) is 0. The minimum Gasteiger partial charge on any atom is -0.307 e. The van der Waals surface area contributed by atoms with Crippen molar-refractivity contribution in [2.24, 2.45) is 0 Å². The fourth-order valence-electron chi connectivity index (χ4n) is 10.9. The highest BCUT2D eigenvalue weighted by atomic mass is 32.3. The van der Waals surface area contributed by atoms with E-state index >= 15 is 0 Å². The van der Waals surface area contributed by atoms with Crippen LogP contribution >= 0.6 is 10.0 Å². The molecule has 0 fully saturated rings. The molecular formula is C63H49NS. The van der Waals surface area contributed by atoms with Gasteiger partial charge in [0.05, 0.1) is 17.1 Å². The second kappa shape index (κ2) is 16.0. The molecule has 11 aromatic carbocycles. The first-order valence-electron chi connectivity index (χ1n) is 23.0. The van der Waals surface area contributed by atoms with Crippen LogP contribution in [0, 0.1) is 0 Å². The lowest BCUT2D eigenvalue weighted by molar-refractivity contribution is 0.888. The van der Waals surface area contributed by atoms with Crippen LogP contribution in [0.5, 0.6) is 0 Å². The molecular weight excluding hydrogens is 803 g/mol. The maximum atomic E-state index is 2.60. The number of fused-ring (bicyclic) bond motifs is 6. The van der Waals surface area contributed by atoms with Gasteiger partial charge in [-0.05, 0) is 126 Å². The van der Waals surface area contributed by atoms with Gasteiger partial charge in [0.15, 0.2) is 0 Å². The Hall–Kier alpha value is -7.39. The molecule has 1 aliphatic rings. The molecule has 11 aromatic rings. The third kappa shape index (κ3) is 6.31. The Labute approximate surface area is 383 Å². The summed E-state index contributed by atoms with van der Waals surface area (Å²) in [6.45, 7) is 2.32. The first-order valence-corrected chi connectivity index (χ1v) is 25.2. The van der Waals surface area contributed by atoms with Crippen LogP contribution < -0.4 is 4.90 Å². The Morgan fingerprint density at radius 3 is 1.22 bits per heavy atom. The summed E-state index contributed by atoms with van der Waals surface area (Å²) in [6, 6.07) is 83.8. The Morgan fingerprint density at radius 2 is 0.708 bits per heavy atom. The van der Waals surface area contributed by atoms with Crippen LogP contribution in [0.2, 0.25) is 0 Å². The van der Waals surface area contributed by atoms with Crippen molar-refractivity contribution in [3.63, 3.8) is 0 Å². The van der Waals surface area contributed by atoms with Gasteiger partial charge in [-0.1, -0.05) is 207 Å². The highest BCUT2D eigenvalue weighted by molar-refractivity contribution is 8.33. The quantitative estimate of drug-likeness (QED) is 0.138. The molecule has 1 nitrogen and oxygen atoms in total. The van der Waals surface area contributed by atoms with E-state index in [1.54, 1.807) is 0 Å². The Balaban J connectivity index is 1.06. The number of para-hydroxylation sites is 2. The normalized spacial score (nSPS) is 13.5. The zero-order valence-corrected chi connectivity index (χ0v) is 37.7. The van der Waals surface area contributed by atoms with E-state index in [4.69, 9.17) is 0 Å². The predicted octanol–water partition coefficient (Wildman–Crippen LogP) is 18.4. The first kappa shape index (κ1) is 39.2. The maximum Gasteiger partial charge on any atom is 0.0619 e. The number of nitrogens with zero attached hydrogens (tertiary/aromatic N) is 1. The Kier molecular flexibility index (Phi) is 9.65. The molecule has 0 unspecified atom stereocenters. The van der Waals surface area contributed by atoms with E-state index in [-0.39, 0.29) is 0 Å². The van der Waals surface area contributed by atoms with Gasteiger partial charge in [-0.3, -0.25) is 0 Å². The molecule has 0 spiro atoms. The van der Waals surface area contributed by atoms with Crippen molar-refractivity contribution < 1.29 is 0 Å². The highest BCUT2D eigenvalue weighted by Gasteiger charge is 2.37. The van der Waals surface area contributed by atoms with Crippen LogP contribution in [0.15, 0.2) is 234 Å². The Bertz CT molecular complexity index is 3490. The van der Waals surface area contributed by atoms with E-state index in [2.05, 4.69) is 243 Å². The number of unbranched alkanes of at least 4 members (excludes halogenated alkanes) is 1. The summed E-state index contributed by atoms with van der Waals surface area (Å²) in [5.41, 5.74) is 13.8. The number of hydrogen-bond acceptors (Lipinski definition) is 1. The van der Waals surface area contributed by atoms with Crippen LogP contribution in [0.25, 0.3) is 87.6 Å². The molecule has 0 aliphatic carbocycles. The van der Waals surface area contributed by atoms with Gasteiger partial charge in [-0.25, -0.2) is 0 Å². The molecule has 1 aliphatic heterocycles. The molecule has 312 valence electrons. The van der Waals surface area contributed by atoms with Crippen molar-refractivity contribution >= 4 is 70.2 Å². The average molecular weight is 852 g/mol. The zero-order valence-electron chi connectivity index (χ0n) is 36.8. The van der Waals surface area contributed by atoms with Crippen LogP contribution in [-0.4, -0.2) is 12.0 Å². The van der Waals surface area contributed by atoms with Crippen LogP contribution in [-0.2, 0) is 0 Å². The summed E-state index contributed by atoms with van der Waals surface area (Å²) in [5.74, 6) is 1.19. The van der Waals surface area contributed by atoms with E-state index in [0.29, 0.717) is 0 Å². The van der Waals surface area contributed by atoms with E-state index in [0.717, 1.165) is 0 Å². The molecule has 12 rings (SSSR count). The van der Waals surface area contributed by atoms with Crippen molar-refractivity contribution in [2.75, 3.05) is 16.9 Å². The summed E-state index contributed by atoms with van der Waals surface area (Å²) < 4.78 is 0. The highest BCUT2D eigenvalue weighted by Crippen LogP contribution is 2.70. The van der Waals surface area contributed by atoms with Gasteiger partial charge in [-0.2, -0.15) is 10.0 Å². The smallest absolute Gasteiger partial charge is 0.0619 e. The topological polar surface area (TPSA) is 3.24 Å². The molecule has 0 radical (unpaired) electrons. The molecule has 0 amide bonds. The largest absolute Gasteiger partial charge is 0.307 e. The Morgan fingerprint density at radius 1 is 0.338 bits per heavy atom. The molecule has 2 heteroatoms. The molecule has 0 N–H and O–H groups in total. The van der Waals surface area contributed by atoms with E-state index in [9.17, 15) is 0 Å². The number of benzene rings is 11. The van der Waals surface area contributed by atoms with E-state index < -0.39 is 10.0 Å². The van der Waals surface area contributed by atoms with Gasteiger partial charge in [0.2, 0.25) is 0 Å². The lowest BCUT2D eigenvalue weighted by atomic mass is 9.84. The number of rotatable bonds is 8. The maximum absolute atomic E-state index is 2.60. The van der Waals surface area contributed by atoms with E-state index in [1.807, 2.05) is 0 Å². The standard InChI is InChI=1S/C63H49NS/c1-3-4-41-65(2)58-33-19-17-31-56(58)64(57-32-18-20-34-59(57)65)63-53-29-15-13-27-50(53)61(51-28-14-16-30-54(51)63)46-37-35-45(36-38-46)60-48-25-11-12-26-49(48)62(44-23-9-6-10-24-44)55-42-47(39-40-52(55)60)43-21-7-5-8-22-43/h5-40,42H,3-4,41H2,1-2H3. The van der Waals surface area contributed by atoms with E-state index in [1.165, 1.54) is 133 Å². The van der Waals surface area contributed by atoms with Crippen molar-refractivity contribution in [1.29, 1.82) is 0 Å². The minimum absolute atomic E-state index is 1.19. The lowest BCUT2D eigenvalue weighted by Gasteiger charge is -2.47. The summed E-state index contributed by atoms with van der Waals surface area (Å²) in [5, 5.41) is 10.1. The summed E-state index contributed by atoms with van der Waals surface area (Å²) >= 11 is 0. The van der Waals surface area contributed by atoms with Gasteiger partial charge in [0.1, 0.15) is 0 Å². The SMILES string of the molecule is CCCCS1(C)c2ccccc2N(c2c3ccccc3c(-c3ccc(-c4c5ccccc5c(-c5ccccc5)c5cc(-c6ccccc6)ccc45)cc3)c3ccccc23)c2ccccc21. The van der Waals surface area contributed by atoms with Crippen molar-refractivity contribution in [3.8, 4) is 44.5 Å². The summed E-state index contributed by atoms with van der Waals surface area (Å²) in [6.07, 6.45) is 4.96. The van der Waals surface area contributed by atoms with Gasteiger partial charge in [0, 0.05) is 20.6 Å². The van der Waals surface area contributed by atoms with Crippen molar-refractivity contribution in [2.45, 2.75) is 29.6 Å². The van der Waals surface area contributed by atoms with Gasteiger partial charge in [-0.15, -0.1) is 0 Å². The third-order valence-corrected chi connectivity index (χ3v) is 17.6. The molecule has 0 atom stereocenters. The molecule has 0 saturated heterocycles. The third-order valence-electron chi connectivity index (χ3n) is 13.9.